The number of hydrogen-bond acceptors (Lipinski definition) is 5. The van der Waals surface area contributed by atoms with Crippen LogP contribution in [0, 0.1) is 5.92 Å². The molecule has 2 rings (SSSR count). The molecule has 0 amide bonds. The highest BCUT2D eigenvalue weighted by molar-refractivity contribution is 6.29. The third kappa shape index (κ3) is 2.70. The van der Waals surface area contributed by atoms with Crippen molar-refractivity contribution in [2.24, 2.45) is 5.92 Å². The summed E-state index contributed by atoms with van der Waals surface area (Å²) in [6.07, 6.45) is 1.08. The van der Waals surface area contributed by atoms with Crippen molar-refractivity contribution >= 4 is 23.1 Å². The Morgan fingerprint density at radius 1 is 1.60 bits per heavy atom. The van der Waals surface area contributed by atoms with Gasteiger partial charge in [-0.3, -0.25) is 0 Å². The van der Waals surface area contributed by atoms with Crippen LogP contribution in [-0.2, 0) is 4.74 Å². The summed E-state index contributed by atoms with van der Waals surface area (Å²) >= 11 is 5.64. The number of ether oxygens (including phenoxy) is 1. The number of anilines is 2. The third-order valence-electron chi connectivity index (χ3n) is 2.38. The van der Waals surface area contributed by atoms with Crippen LogP contribution in [0.1, 0.15) is 6.42 Å². The van der Waals surface area contributed by atoms with Gasteiger partial charge in [0.2, 0.25) is 0 Å². The molecular weight excluding hydrogens is 216 g/mol. The van der Waals surface area contributed by atoms with E-state index in [1.165, 1.54) is 0 Å². The fraction of sp³-hybridized carbons (Fsp3) is 0.556. The van der Waals surface area contributed by atoms with Crippen LogP contribution in [0.2, 0.25) is 5.15 Å². The Morgan fingerprint density at radius 2 is 2.47 bits per heavy atom. The van der Waals surface area contributed by atoms with Crippen molar-refractivity contribution < 1.29 is 4.74 Å². The van der Waals surface area contributed by atoms with Gasteiger partial charge in [-0.25, -0.2) is 0 Å². The van der Waals surface area contributed by atoms with Crippen molar-refractivity contribution in [1.29, 1.82) is 0 Å². The Kier molecular flexibility index (Phi) is 3.23. The molecule has 82 valence electrons. The molecule has 1 atom stereocenters. The first-order chi connectivity index (χ1) is 7.25. The minimum Gasteiger partial charge on any atom is -0.396 e. The Labute approximate surface area is 93.0 Å². The van der Waals surface area contributed by atoms with Gasteiger partial charge in [-0.2, -0.15) is 0 Å². The number of halogens is 1. The molecule has 0 spiro atoms. The van der Waals surface area contributed by atoms with Crippen LogP contribution in [0.4, 0.5) is 11.5 Å². The molecule has 3 N–H and O–H groups in total. The molecule has 1 fully saturated rings. The normalized spacial score (nSPS) is 20.5. The lowest BCUT2D eigenvalue weighted by Crippen LogP contribution is -2.16. The molecule has 1 aliphatic heterocycles. The Hall–Kier alpha value is -1.07. The van der Waals surface area contributed by atoms with E-state index in [1.807, 2.05) is 0 Å². The van der Waals surface area contributed by atoms with Gasteiger partial charge in [0, 0.05) is 25.1 Å². The number of nitrogens with two attached hydrogens (primary N) is 1. The average Bonchev–Trinajstić information content (AvgIpc) is 2.69. The number of rotatable bonds is 3. The van der Waals surface area contributed by atoms with E-state index in [1.54, 1.807) is 6.07 Å². The first-order valence-corrected chi connectivity index (χ1v) is 5.24. The summed E-state index contributed by atoms with van der Waals surface area (Å²) in [7, 11) is 0. The van der Waals surface area contributed by atoms with Crippen LogP contribution in [0.5, 0.6) is 0 Å². The molecule has 5 nitrogen and oxygen atoms in total. The van der Waals surface area contributed by atoms with Crippen molar-refractivity contribution in [3.05, 3.63) is 11.2 Å². The van der Waals surface area contributed by atoms with Crippen molar-refractivity contribution in [1.82, 2.24) is 10.2 Å². The molecule has 15 heavy (non-hydrogen) atoms. The van der Waals surface area contributed by atoms with Gasteiger partial charge in [-0.15, -0.1) is 10.2 Å². The van der Waals surface area contributed by atoms with E-state index in [0.717, 1.165) is 26.2 Å². The average molecular weight is 229 g/mol. The molecule has 1 aromatic rings. The topological polar surface area (TPSA) is 73.1 Å². The number of nitrogen functional groups attached to an aromatic ring is 1. The van der Waals surface area contributed by atoms with Gasteiger partial charge in [0.05, 0.1) is 12.3 Å². The van der Waals surface area contributed by atoms with Crippen LogP contribution in [0.15, 0.2) is 6.07 Å². The fourth-order valence-corrected chi connectivity index (χ4v) is 1.66. The van der Waals surface area contributed by atoms with E-state index in [9.17, 15) is 0 Å². The van der Waals surface area contributed by atoms with Gasteiger partial charge in [0.1, 0.15) is 0 Å². The van der Waals surface area contributed by atoms with Crippen LogP contribution in [-0.4, -0.2) is 30.0 Å². The number of nitrogens with zero attached hydrogens (tertiary/aromatic N) is 2. The molecule has 0 unspecified atom stereocenters. The predicted molar refractivity (Wildman–Crippen MR) is 58.9 cm³/mol. The Morgan fingerprint density at radius 3 is 3.13 bits per heavy atom. The predicted octanol–water partition coefficient (Wildman–Crippen LogP) is 1.16. The summed E-state index contributed by atoms with van der Waals surface area (Å²) < 4.78 is 5.27. The first kappa shape index (κ1) is 10.4. The van der Waals surface area contributed by atoms with E-state index >= 15 is 0 Å². The zero-order chi connectivity index (χ0) is 10.7. The highest BCUT2D eigenvalue weighted by Crippen LogP contribution is 2.19. The molecular formula is C9H13ClN4O. The van der Waals surface area contributed by atoms with Gasteiger partial charge in [-0.1, -0.05) is 11.6 Å². The second kappa shape index (κ2) is 4.63. The lowest BCUT2D eigenvalue weighted by atomic mass is 10.1. The van der Waals surface area contributed by atoms with Gasteiger partial charge in [0.25, 0.3) is 0 Å². The summed E-state index contributed by atoms with van der Waals surface area (Å²) in [6.45, 7) is 2.45. The summed E-state index contributed by atoms with van der Waals surface area (Å²) in [6, 6.07) is 1.59. The lowest BCUT2D eigenvalue weighted by molar-refractivity contribution is 0.187. The minimum atomic E-state index is 0.308. The van der Waals surface area contributed by atoms with Crippen LogP contribution < -0.4 is 11.1 Å². The van der Waals surface area contributed by atoms with E-state index in [4.69, 9.17) is 22.1 Å². The SMILES string of the molecule is Nc1cc(Cl)nnc1NC[C@H]1CCOC1. The van der Waals surface area contributed by atoms with Gasteiger partial charge >= 0.3 is 0 Å². The van der Waals surface area contributed by atoms with E-state index in [2.05, 4.69) is 15.5 Å². The molecule has 0 radical (unpaired) electrons. The highest BCUT2D eigenvalue weighted by atomic mass is 35.5. The smallest absolute Gasteiger partial charge is 0.172 e. The quantitative estimate of drug-likeness (QED) is 0.812. The van der Waals surface area contributed by atoms with Gasteiger partial charge in [-0.05, 0) is 6.42 Å². The molecule has 0 aromatic carbocycles. The molecule has 1 aliphatic rings. The second-order valence-electron chi connectivity index (χ2n) is 3.58. The zero-order valence-corrected chi connectivity index (χ0v) is 9.00. The van der Waals surface area contributed by atoms with Crippen LogP contribution in [0.3, 0.4) is 0 Å². The molecule has 1 saturated heterocycles. The minimum absolute atomic E-state index is 0.308. The first-order valence-electron chi connectivity index (χ1n) is 4.86. The Balaban J connectivity index is 1.92. The van der Waals surface area contributed by atoms with E-state index in [-0.39, 0.29) is 0 Å². The van der Waals surface area contributed by atoms with Crippen molar-refractivity contribution in [3.8, 4) is 0 Å². The maximum Gasteiger partial charge on any atom is 0.172 e. The van der Waals surface area contributed by atoms with Gasteiger partial charge in [0.15, 0.2) is 11.0 Å². The fourth-order valence-electron chi connectivity index (χ4n) is 1.50. The van der Waals surface area contributed by atoms with Crippen molar-refractivity contribution in [2.45, 2.75) is 6.42 Å². The van der Waals surface area contributed by atoms with Crippen molar-refractivity contribution in [3.63, 3.8) is 0 Å². The second-order valence-corrected chi connectivity index (χ2v) is 3.97. The summed E-state index contributed by atoms with van der Waals surface area (Å²) in [5.74, 6) is 1.12. The summed E-state index contributed by atoms with van der Waals surface area (Å²) in [5.41, 5.74) is 6.25. The van der Waals surface area contributed by atoms with E-state index < -0.39 is 0 Å². The lowest BCUT2D eigenvalue weighted by Gasteiger charge is -2.10. The molecule has 2 heterocycles. The maximum atomic E-state index is 5.73. The molecule has 0 saturated carbocycles. The molecule has 0 aliphatic carbocycles. The highest BCUT2D eigenvalue weighted by Gasteiger charge is 2.15. The Bertz CT molecular complexity index is 341. The maximum absolute atomic E-state index is 5.73. The van der Waals surface area contributed by atoms with Gasteiger partial charge < -0.3 is 15.8 Å². The number of aromatic nitrogens is 2. The molecule has 0 bridgehead atoms. The van der Waals surface area contributed by atoms with Crippen molar-refractivity contribution in [2.75, 3.05) is 30.8 Å². The molecule has 1 aromatic heterocycles. The number of nitrogens with one attached hydrogen (secondary N) is 1. The monoisotopic (exact) mass is 228 g/mol. The largest absolute Gasteiger partial charge is 0.396 e. The summed E-state index contributed by atoms with van der Waals surface area (Å²) in [4.78, 5) is 0. The summed E-state index contributed by atoms with van der Waals surface area (Å²) in [5, 5.41) is 11.1. The van der Waals surface area contributed by atoms with Crippen LogP contribution in [0.25, 0.3) is 0 Å². The molecule has 6 heteroatoms. The standard InChI is InChI=1S/C9H13ClN4O/c10-8-3-7(11)9(14-13-8)12-4-6-1-2-15-5-6/h3,6H,1-2,4-5H2,(H2,11,13)(H,12,14)/t6-/m1/s1. The van der Waals surface area contributed by atoms with Crippen LogP contribution >= 0.6 is 11.6 Å². The third-order valence-corrected chi connectivity index (χ3v) is 2.56. The zero-order valence-electron chi connectivity index (χ0n) is 8.24. The number of hydrogen-bond donors (Lipinski definition) is 2. The van der Waals surface area contributed by atoms with E-state index in [0.29, 0.717) is 22.6 Å².